The summed E-state index contributed by atoms with van der Waals surface area (Å²) >= 11 is 0. The fourth-order valence-corrected chi connectivity index (χ4v) is 2.12. The van der Waals surface area contributed by atoms with Crippen LogP contribution in [0.5, 0.6) is 0 Å². The summed E-state index contributed by atoms with van der Waals surface area (Å²) in [6, 6.07) is 0.0318. The van der Waals surface area contributed by atoms with Crippen LogP contribution >= 0.6 is 0 Å². The Kier molecular flexibility index (Phi) is 3.65. The fourth-order valence-electron chi connectivity index (χ4n) is 2.12. The van der Waals surface area contributed by atoms with Crippen LogP contribution in [0.2, 0.25) is 0 Å². The van der Waals surface area contributed by atoms with Gasteiger partial charge in [-0.2, -0.15) is 5.10 Å². The van der Waals surface area contributed by atoms with Gasteiger partial charge in [-0.1, -0.05) is 13.8 Å². The number of nitrogens with one attached hydrogen (secondary N) is 1. The normalized spacial score (nSPS) is 17.1. The van der Waals surface area contributed by atoms with Gasteiger partial charge in [0.25, 0.3) is 0 Å². The van der Waals surface area contributed by atoms with Gasteiger partial charge in [0.15, 0.2) is 5.82 Å². The van der Waals surface area contributed by atoms with E-state index in [1.807, 2.05) is 7.05 Å². The van der Waals surface area contributed by atoms with E-state index in [2.05, 4.69) is 29.2 Å². The summed E-state index contributed by atoms with van der Waals surface area (Å²) < 4.78 is 1.52. The number of rotatable bonds is 6. The lowest BCUT2D eigenvalue weighted by atomic mass is 10.0. The number of hydrogen-bond acceptors (Lipinski definition) is 4. The van der Waals surface area contributed by atoms with Crippen molar-refractivity contribution in [2.45, 2.75) is 45.2 Å². The van der Waals surface area contributed by atoms with Crippen molar-refractivity contribution >= 4 is 5.97 Å². The van der Waals surface area contributed by atoms with Crippen LogP contribution in [-0.2, 0) is 11.3 Å². The number of hydrogen-bond donors (Lipinski definition) is 2. The van der Waals surface area contributed by atoms with E-state index in [1.165, 1.54) is 4.68 Å². The van der Waals surface area contributed by atoms with Gasteiger partial charge in [0.05, 0.1) is 6.04 Å². The van der Waals surface area contributed by atoms with Crippen LogP contribution in [-0.4, -0.2) is 32.9 Å². The van der Waals surface area contributed by atoms with Crippen molar-refractivity contribution in [3.63, 3.8) is 0 Å². The van der Waals surface area contributed by atoms with Crippen molar-refractivity contribution < 1.29 is 9.90 Å². The van der Waals surface area contributed by atoms with Crippen LogP contribution in [0.1, 0.15) is 50.3 Å². The van der Waals surface area contributed by atoms with E-state index in [0.29, 0.717) is 11.8 Å². The predicted octanol–water partition coefficient (Wildman–Crippen LogP) is 1.16. The van der Waals surface area contributed by atoms with E-state index in [0.717, 1.165) is 24.5 Å². The van der Waals surface area contributed by atoms with E-state index >= 15 is 0 Å². The molecule has 1 aromatic heterocycles. The van der Waals surface area contributed by atoms with Gasteiger partial charge in [-0.3, -0.25) is 4.79 Å². The Balaban J connectivity index is 2.32. The Morgan fingerprint density at radius 2 is 2.22 bits per heavy atom. The highest BCUT2D eigenvalue weighted by Crippen LogP contribution is 2.38. The van der Waals surface area contributed by atoms with Crippen molar-refractivity contribution in [2.75, 3.05) is 7.05 Å². The number of carboxylic acids is 1. The molecule has 1 aliphatic carbocycles. The second-order valence-electron chi connectivity index (χ2n) is 5.16. The van der Waals surface area contributed by atoms with E-state index in [1.54, 1.807) is 0 Å². The molecular weight excluding hydrogens is 232 g/mol. The van der Waals surface area contributed by atoms with Gasteiger partial charge in [0.1, 0.15) is 12.4 Å². The SMILES string of the molecule is CNC(c1nc(C2CC2)nn1CC(=O)O)C(C)C. The summed E-state index contributed by atoms with van der Waals surface area (Å²) in [7, 11) is 1.86. The van der Waals surface area contributed by atoms with Crippen molar-refractivity contribution in [1.29, 1.82) is 0 Å². The van der Waals surface area contributed by atoms with E-state index in [4.69, 9.17) is 5.11 Å². The first-order valence-electron chi connectivity index (χ1n) is 6.36. The van der Waals surface area contributed by atoms with Gasteiger partial charge < -0.3 is 10.4 Å². The summed E-state index contributed by atoms with van der Waals surface area (Å²) in [4.78, 5) is 15.4. The Morgan fingerprint density at radius 1 is 1.56 bits per heavy atom. The minimum absolute atomic E-state index is 0.0318. The average Bonchev–Trinajstić information content (AvgIpc) is 3.04. The van der Waals surface area contributed by atoms with Crippen molar-refractivity contribution in [2.24, 2.45) is 5.92 Å². The first-order chi connectivity index (χ1) is 8.52. The molecule has 1 fully saturated rings. The summed E-state index contributed by atoms with van der Waals surface area (Å²) in [5.74, 6) is 1.41. The Labute approximate surface area is 106 Å². The molecule has 1 atom stereocenters. The minimum Gasteiger partial charge on any atom is -0.480 e. The first kappa shape index (κ1) is 13.0. The number of carboxylic acid groups (broad SMARTS) is 1. The third kappa shape index (κ3) is 2.69. The smallest absolute Gasteiger partial charge is 0.325 e. The lowest BCUT2D eigenvalue weighted by Gasteiger charge is -2.19. The molecule has 100 valence electrons. The van der Waals surface area contributed by atoms with Gasteiger partial charge in [-0.15, -0.1) is 0 Å². The topological polar surface area (TPSA) is 80.0 Å². The molecule has 6 heteroatoms. The summed E-state index contributed by atoms with van der Waals surface area (Å²) in [5, 5.41) is 16.5. The molecule has 0 bridgehead atoms. The number of aromatic nitrogens is 3. The van der Waals surface area contributed by atoms with E-state index < -0.39 is 5.97 Å². The zero-order chi connectivity index (χ0) is 13.3. The molecule has 1 unspecified atom stereocenters. The number of carbonyl (C=O) groups is 1. The van der Waals surface area contributed by atoms with Gasteiger partial charge >= 0.3 is 5.97 Å². The number of aliphatic carboxylic acids is 1. The standard InChI is InChI=1S/C12H20N4O2/c1-7(2)10(13-3)12-14-11(8-4-5-8)15-16(12)6-9(17)18/h7-8,10,13H,4-6H2,1-3H3,(H,17,18). The largest absolute Gasteiger partial charge is 0.480 e. The van der Waals surface area contributed by atoms with Crippen LogP contribution < -0.4 is 5.32 Å². The van der Waals surface area contributed by atoms with Crippen LogP contribution in [0.25, 0.3) is 0 Å². The molecule has 6 nitrogen and oxygen atoms in total. The molecule has 0 radical (unpaired) electrons. The molecule has 1 aromatic rings. The Bertz CT molecular complexity index is 437. The maximum atomic E-state index is 10.9. The molecule has 0 saturated heterocycles. The molecule has 0 aromatic carbocycles. The minimum atomic E-state index is -0.887. The highest BCUT2D eigenvalue weighted by molar-refractivity contribution is 5.66. The molecule has 0 amide bonds. The second-order valence-corrected chi connectivity index (χ2v) is 5.16. The quantitative estimate of drug-likeness (QED) is 0.794. The molecule has 1 aliphatic rings. The molecule has 2 rings (SSSR count). The molecule has 1 heterocycles. The van der Waals surface area contributed by atoms with E-state index in [-0.39, 0.29) is 12.6 Å². The molecule has 1 saturated carbocycles. The Morgan fingerprint density at radius 3 is 2.67 bits per heavy atom. The average molecular weight is 252 g/mol. The second kappa shape index (κ2) is 5.06. The molecule has 18 heavy (non-hydrogen) atoms. The number of nitrogens with zero attached hydrogens (tertiary/aromatic N) is 3. The summed E-state index contributed by atoms with van der Waals surface area (Å²) in [6.07, 6.45) is 2.23. The summed E-state index contributed by atoms with van der Waals surface area (Å²) in [5.41, 5.74) is 0. The lowest BCUT2D eigenvalue weighted by Crippen LogP contribution is -2.27. The third-order valence-corrected chi connectivity index (χ3v) is 3.20. The predicted molar refractivity (Wildman–Crippen MR) is 66.3 cm³/mol. The molecular formula is C12H20N4O2. The fraction of sp³-hybridized carbons (Fsp3) is 0.750. The third-order valence-electron chi connectivity index (χ3n) is 3.20. The highest BCUT2D eigenvalue weighted by atomic mass is 16.4. The monoisotopic (exact) mass is 252 g/mol. The van der Waals surface area contributed by atoms with E-state index in [9.17, 15) is 4.79 Å². The van der Waals surface area contributed by atoms with Gasteiger partial charge in [0.2, 0.25) is 0 Å². The highest BCUT2D eigenvalue weighted by Gasteiger charge is 2.31. The van der Waals surface area contributed by atoms with Crippen LogP contribution in [0, 0.1) is 5.92 Å². The van der Waals surface area contributed by atoms with Crippen LogP contribution in [0.3, 0.4) is 0 Å². The van der Waals surface area contributed by atoms with Crippen molar-refractivity contribution in [3.8, 4) is 0 Å². The maximum absolute atomic E-state index is 10.9. The van der Waals surface area contributed by atoms with Crippen molar-refractivity contribution in [3.05, 3.63) is 11.6 Å². The molecule has 2 N–H and O–H groups in total. The first-order valence-corrected chi connectivity index (χ1v) is 6.36. The van der Waals surface area contributed by atoms with Gasteiger partial charge in [-0.25, -0.2) is 9.67 Å². The lowest BCUT2D eigenvalue weighted by molar-refractivity contribution is -0.138. The Hall–Kier alpha value is -1.43. The van der Waals surface area contributed by atoms with Crippen LogP contribution in [0.15, 0.2) is 0 Å². The van der Waals surface area contributed by atoms with Gasteiger partial charge in [0, 0.05) is 5.92 Å². The molecule has 0 spiro atoms. The zero-order valence-corrected chi connectivity index (χ0v) is 11.1. The van der Waals surface area contributed by atoms with Crippen molar-refractivity contribution in [1.82, 2.24) is 20.1 Å². The maximum Gasteiger partial charge on any atom is 0.325 e. The van der Waals surface area contributed by atoms with Crippen LogP contribution in [0.4, 0.5) is 0 Å². The zero-order valence-electron chi connectivity index (χ0n) is 11.1. The molecule has 0 aliphatic heterocycles. The summed E-state index contributed by atoms with van der Waals surface area (Å²) in [6.45, 7) is 4.04. The van der Waals surface area contributed by atoms with Gasteiger partial charge in [-0.05, 0) is 25.8 Å².